The Hall–Kier alpha value is -4.38. The normalized spacial score (nSPS) is 11.5. The maximum absolute atomic E-state index is 13.9. The van der Waals surface area contributed by atoms with Crippen molar-refractivity contribution in [1.82, 2.24) is 0 Å². The van der Waals surface area contributed by atoms with Crippen molar-refractivity contribution in [2.75, 3.05) is 0 Å². The lowest BCUT2D eigenvalue weighted by Gasteiger charge is -2.19. The van der Waals surface area contributed by atoms with Crippen LogP contribution < -0.4 is 9.47 Å². The van der Waals surface area contributed by atoms with Gasteiger partial charge in [0.2, 0.25) is 0 Å². The van der Waals surface area contributed by atoms with Crippen LogP contribution in [-0.4, -0.2) is 16.9 Å². The molecule has 37 heavy (non-hydrogen) atoms. The van der Waals surface area contributed by atoms with Gasteiger partial charge in [-0.25, -0.2) is 0 Å². The van der Waals surface area contributed by atoms with Crippen molar-refractivity contribution in [3.63, 3.8) is 0 Å². The van der Waals surface area contributed by atoms with E-state index in [2.05, 4.69) is 0 Å². The van der Waals surface area contributed by atoms with Crippen LogP contribution >= 0.6 is 0 Å². The molecule has 0 aliphatic rings. The molecular weight excluding hydrogens is 464 g/mol. The molecule has 0 fully saturated rings. The molecule has 0 saturated carbocycles. The van der Waals surface area contributed by atoms with Crippen molar-refractivity contribution in [2.24, 2.45) is 0 Å². The lowest BCUT2D eigenvalue weighted by molar-refractivity contribution is -0.137. The predicted molar refractivity (Wildman–Crippen MR) is 143 cm³/mol. The SMILES string of the molecule is Cc1ccccc1C(CCC(=O)O)C(=O)c1cc(OCc2ccccc2)cc(OCc2ccccc2)c1. The van der Waals surface area contributed by atoms with Crippen LogP contribution in [0.25, 0.3) is 0 Å². The van der Waals surface area contributed by atoms with E-state index in [0.717, 1.165) is 22.3 Å². The molecule has 5 heteroatoms. The molecular formula is C32H30O5. The van der Waals surface area contributed by atoms with E-state index >= 15 is 0 Å². The standard InChI is InChI=1S/C32H30O5/c1-23-10-8-9-15-29(23)30(16-17-31(33)34)32(35)26-18-27(36-21-24-11-4-2-5-12-24)20-28(19-26)37-22-25-13-6-3-7-14-25/h2-15,18-20,30H,16-17,21-22H2,1H3,(H,33,34). The van der Waals surface area contributed by atoms with Gasteiger partial charge in [-0.3, -0.25) is 9.59 Å². The number of ketones is 1. The highest BCUT2D eigenvalue weighted by Crippen LogP contribution is 2.32. The first-order chi connectivity index (χ1) is 18.0. The van der Waals surface area contributed by atoms with Crippen LogP contribution in [-0.2, 0) is 18.0 Å². The number of Topliss-reactive ketones (excluding diaryl/α,β-unsaturated/α-hetero) is 1. The van der Waals surface area contributed by atoms with E-state index in [1.807, 2.05) is 91.9 Å². The first kappa shape index (κ1) is 25.7. The Kier molecular flexibility index (Phi) is 8.71. The van der Waals surface area contributed by atoms with Gasteiger partial charge in [-0.2, -0.15) is 0 Å². The Labute approximate surface area is 217 Å². The fraction of sp³-hybridized carbons (Fsp3) is 0.188. The van der Waals surface area contributed by atoms with E-state index in [4.69, 9.17) is 9.47 Å². The maximum Gasteiger partial charge on any atom is 0.303 e. The lowest BCUT2D eigenvalue weighted by Crippen LogP contribution is -2.16. The van der Waals surface area contributed by atoms with Crippen LogP contribution in [0.3, 0.4) is 0 Å². The van der Waals surface area contributed by atoms with Crippen molar-refractivity contribution in [3.8, 4) is 11.5 Å². The number of aliphatic carboxylic acids is 1. The van der Waals surface area contributed by atoms with Crippen molar-refractivity contribution in [1.29, 1.82) is 0 Å². The van der Waals surface area contributed by atoms with E-state index in [-0.39, 0.29) is 18.6 Å². The summed E-state index contributed by atoms with van der Waals surface area (Å²) in [6, 6.07) is 32.4. The highest BCUT2D eigenvalue weighted by atomic mass is 16.5. The Morgan fingerprint density at radius 1 is 0.730 bits per heavy atom. The molecule has 0 aliphatic carbocycles. The number of rotatable bonds is 12. The zero-order chi connectivity index (χ0) is 26.0. The summed E-state index contributed by atoms with van der Waals surface area (Å²) < 4.78 is 12.1. The van der Waals surface area contributed by atoms with E-state index < -0.39 is 11.9 Å². The van der Waals surface area contributed by atoms with E-state index in [1.54, 1.807) is 18.2 Å². The minimum absolute atomic E-state index is 0.105. The number of carboxylic acids is 1. The Morgan fingerprint density at radius 3 is 1.76 bits per heavy atom. The van der Waals surface area contributed by atoms with Gasteiger partial charge in [-0.1, -0.05) is 84.9 Å². The summed E-state index contributed by atoms with van der Waals surface area (Å²) in [6.45, 7) is 2.62. The molecule has 188 valence electrons. The predicted octanol–water partition coefficient (Wildman–Crippen LogP) is 6.98. The highest BCUT2D eigenvalue weighted by molar-refractivity contribution is 6.02. The third kappa shape index (κ3) is 7.31. The molecule has 0 aliphatic heterocycles. The van der Waals surface area contributed by atoms with Crippen LogP contribution in [0.4, 0.5) is 0 Å². The number of hydrogen-bond donors (Lipinski definition) is 1. The Morgan fingerprint density at radius 2 is 1.24 bits per heavy atom. The average Bonchev–Trinajstić information content (AvgIpc) is 2.92. The fourth-order valence-electron chi connectivity index (χ4n) is 4.24. The molecule has 0 heterocycles. The molecule has 0 radical (unpaired) electrons. The fourth-order valence-corrected chi connectivity index (χ4v) is 4.24. The molecule has 0 spiro atoms. The second kappa shape index (κ2) is 12.5. The summed E-state index contributed by atoms with van der Waals surface area (Å²) in [6.07, 6.45) is 0.0978. The lowest BCUT2D eigenvalue weighted by atomic mass is 9.84. The molecule has 0 aromatic heterocycles. The monoisotopic (exact) mass is 494 g/mol. The molecule has 1 atom stereocenters. The first-order valence-electron chi connectivity index (χ1n) is 12.3. The van der Waals surface area contributed by atoms with Crippen molar-refractivity contribution >= 4 is 11.8 Å². The van der Waals surface area contributed by atoms with Gasteiger partial charge in [0.1, 0.15) is 24.7 Å². The Balaban J connectivity index is 1.65. The van der Waals surface area contributed by atoms with Gasteiger partial charge in [-0.15, -0.1) is 0 Å². The quantitative estimate of drug-likeness (QED) is 0.215. The van der Waals surface area contributed by atoms with Crippen LogP contribution in [0, 0.1) is 6.92 Å². The van der Waals surface area contributed by atoms with Gasteiger partial charge in [0, 0.05) is 24.0 Å². The van der Waals surface area contributed by atoms with Gasteiger partial charge in [0.05, 0.1) is 0 Å². The molecule has 5 nitrogen and oxygen atoms in total. The van der Waals surface area contributed by atoms with E-state index in [1.165, 1.54) is 0 Å². The topological polar surface area (TPSA) is 72.8 Å². The van der Waals surface area contributed by atoms with E-state index in [9.17, 15) is 14.7 Å². The maximum atomic E-state index is 13.9. The van der Waals surface area contributed by atoms with Crippen molar-refractivity contribution < 1.29 is 24.2 Å². The van der Waals surface area contributed by atoms with Crippen molar-refractivity contribution in [3.05, 3.63) is 131 Å². The summed E-state index contributed by atoms with van der Waals surface area (Å²) in [7, 11) is 0. The minimum atomic E-state index is -0.932. The molecule has 0 amide bonds. The highest BCUT2D eigenvalue weighted by Gasteiger charge is 2.25. The molecule has 4 rings (SSSR count). The minimum Gasteiger partial charge on any atom is -0.489 e. The third-order valence-corrected chi connectivity index (χ3v) is 6.19. The molecule has 1 unspecified atom stereocenters. The van der Waals surface area contributed by atoms with Crippen LogP contribution in [0.5, 0.6) is 11.5 Å². The summed E-state index contributed by atoms with van der Waals surface area (Å²) in [5.74, 6) is -0.661. The second-order valence-corrected chi connectivity index (χ2v) is 8.95. The number of carboxylic acid groups (broad SMARTS) is 1. The number of carbonyl (C=O) groups is 2. The summed E-state index contributed by atoms with van der Waals surface area (Å²) >= 11 is 0. The number of benzene rings is 4. The van der Waals surface area contributed by atoms with Crippen LogP contribution in [0.1, 0.15) is 51.4 Å². The molecule has 4 aromatic carbocycles. The number of hydrogen-bond acceptors (Lipinski definition) is 4. The zero-order valence-corrected chi connectivity index (χ0v) is 20.8. The molecule has 1 N–H and O–H groups in total. The first-order valence-corrected chi connectivity index (χ1v) is 12.3. The molecule has 0 saturated heterocycles. The zero-order valence-electron chi connectivity index (χ0n) is 20.8. The summed E-state index contributed by atoms with van der Waals surface area (Å²) in [5, 5.41) is 9.32. The number of ether oxygens (including phenoxy) is 2. The van der Waals surface area contributed by atoms with Crippen molar-refractivity contribution in [2.45, 2.75) is 38.9 Å². The van der Waals surface area contributed by atoms with Gasteiger partial charge in [0.25, 0.3) is 0 Å². The van der Waals surface area contributed by atoms with Crippen LogP contribution in [0.15, 0.2) is 103 Å². The summed E-state index contributed by atoms with van der Waals surface area (Å²) in [5.41, 5.74) is 4.21. The van der Waals surface area contributed by atoms with E-state index in [0.29, 0.717) is 30.3 Å². The molecule has 4 aromatic rings. The van der Waals surface area contributed by atoms with Gasteiger partial charge in [0.15, 0.2) is 5.78 Å². The molecule has 0 bridgehead atoms. The average molecular weight is 495 g/mol. The number of carbonyl (C=O) groups excluding carboxylic acids is 1. The summed E-state index contributed by atoms with van der Waals surface area (Å²) in [4.78, 5) is 25.2. The number of aryl methyl sites for hydroxylation is 1. The van der Waals surface area contributed by atoms with Gasteiger partial charge in [-0.05, 0) is 47.7 Å². The Bertz CT molecular complexity index is 1270. The van der Waals surface area contributed by atoms with Crippen LogP contribution in [0.2, 0.25) is 0 Å². The van der Waals surface area contributed by atoms with Gasteiger partial charge >= 0.3 is 5.97 Å². The van der Waals surface area contributed by atoms with Gasteiger partial charge < -0.3 is 14.6 Å². The smallest absolute Gasteiger partial charge is 0.303 e. The largest absolute Gasteiger partial charge is 0.489 e. The second-order valence-electron chi connectivity index (χ2n) is 8.95. The third-order valence-electron chi connectivity index (χ3n) is 6.19.